The minimum atomic E-state index is -0.354. The Kier molecular flexibility index (Phi) is 6.25. The SMILES string of the molecule is CCCCCCNc1ccc([N+](=O)[O-])c(I)c1. The first kappa shape index (κ1) is 14.2. The fourth-order valence-electron chi connectivity index (χ4n) is 1.55. The van der Waals surface area contributed by atoms with E-state index in [-0.39, 0.29) is 10.6 Å². The molecule has 0 aliphatic heterocycles. The fourth-order valence-corrected chi connectivity index (χ4v) is 2.26. The topological polar surface area (TPSA) is 55.2 Å². The van der Waals surface area contributed by atoms with Crippen molar-refractivity contribution in [1.29, 1.82) is 0 Å². The molecule has 94 valence electrons. The maximum absolute atomic E-state index is 10.6. The van der Waals surface area contributed by atoms with Gasteiger partial charge in [0, 0.05) is 18.3 Å². The van der Waals surface area contributed by atoms with Gasteiger partial charge in [-0.05, 0) is 41.1 Å². The summed E-state index contributed by atoms with van der Waals surface area (Å²) in [5.74, 6) is 0. The van der Waals surface area contributed by atoms with Crippen LogP contribution in [0, 0.1) is 13.7 Å². The summed E-state index contributed by atoms with van der Waals surface area (Å²) in [7, 11) is 0. The molecule has 0 unspecified atom stereocenters. The average Bonchev–Trinajstić information content (AvgIpc) is 2.28. The quantitative estimate of drug-likeness (QED) is 0.348. The zero-order chi connectivity index (χ0) is 12.7. The molecule has 0 aromatic heterocycles. The van der Waals surface area contributed by atoms with Crippen LogP contribution in [0.15, 0.2) is 18.2 Å². The second-order valence-electron chi connectivity index (χ2n) is 3.91. The number of nitro groups is 1. The summed E-state index contributed by atoms with van der Waals surface area (Å²) in [6.07, 6.45) is 4.86. The average molecular weight is 348 g/mol. The molecule has 17 heavy (non-hydrogen) atoms. The molecule has 0 saturated carbocycles. The molecule has 0 radical (unpaired) electrons. The van der Waals surface area contributed by atoms with Gasteiger partial charge < -0.3 is 5.32 Å². The Labute approximate surface area is 115 Å². The predicted molar refractivity (Wildman–Crippen MR) is 78.4 cm³/mol. The third kappa shape index (κ3) is 4.89. The Morgan fingerprint density at radius 3 is 2.71 bits per heavy atom. The molecule has 1 rings (SSSR count). The predicted octanol–water partition coefficient (Wildman–Crippen LogP) is 4.19. The summed E-state index contributed by atoms with van der Waals surface area (Å²) in [5.41, 5.74) is 1.12. The number of anilines is 1. The molecule has 0 aliphatic carbocycles. The van der Waals surface area contributed by atoms with Crippen LogP contribution in [0.1, 0.15) is 32.6 Å². The van der Waals surface area contributed by atoms with Gasteiger partial charge in [-0.1, -0.05) is 26.2 Å². The standard InChI is InChI=1S/C12H17IN2O2/c1-2-3-4-5-8-14-10-6-7-12(15(16)17)11(13)9-10/h6-7,9,14H,2-5,8H2,1H3. The van der Waals surface area contributed by atoms with Gasteiger partial charge >= 0.3 is 0 Å². The first-order valence-corrected chi connectivity index (χ1v) is 6.91. The van der Waals surface area contributed by atoms with Crippen LogP contribution in [0.4, 0.5) is 11.4 Å². The van der Waals surface area contributed by atoms with Crippen LogP contribution in [-0.4, -0.2) is 11.5 Å². The van der Waals surface area contributed by atoms with E-state index in [0.29, 0.717) is 3.57 Å². The zero-order valence-corrected chi connectivity index (χ0v) is 12.1. The highest BCUT2D eigenvalue weighted by Crippen LogP contribution is 2.24. The van der Waals surface area contributed by atoms with Crippen molar-refractivity contribution in [3.8, 4) is 0 Å². The highest BCUT2D eigenvalue weighted by Gasteiger charge is 2.10. The molecule has 0 fully saturated rings. The molecule has 1 aromatic carbocycles. The van der Waals surface area contributed by atoms with E-state index < -0.39 is 0 Å². The van der Waals surface area contributed by atoms with Crippen molar-refractivity contribution < 1.29 is 4.92 Å². The van der Waals surface area contributed by atoms with Crippen LogP contribution >= 0.6 is 22.6 Å². The molecule has 0 saturated heterocycles. The van der Waals surface area contributed by atoms with Crippen LogP contribution in [0.5, 0.6) is 0 Å². The largest absolute Gasteiger partial charge is 0.385 e. The maximum atomic E-state index is 10.6. The lowest BCUT2D eigenvalue weighted by molar-refractivity contribution is -0.385. The molecule has 1 N–H and O–H groups in total. The maximum Gasteiger partial charge on any atom is 0.282 e. The van der Waals surface area contributed by atoms with Gasteiger partial charge in [0.15, 0.2) is 0 Å². The van der Waals surface area contributed by atoms with Crippen molar-refractivity contribution in [2.24, 2.45) is 0 Å². The van der Waals surface area contributed by atoms with Crippen LogP contribution in [0.2, 0.25) is 0 Å². The Balaban J connectivity index is 2.45. The van der Waals surface area contributed by atoms with Gasteiger partial charge in [0.1, 0.15) is 0 Å². The van der Waals surface area contributed by atoms with E-state index in [9.17, 15) is 10.1 Å². The summed E-state index contributed by atoms with van der Waals surface area (Å²) < 4.78 is 0.672. The zero-order valence-electron chi connectivity index (χ0n) is 9.91. The van der Waals surface area contributed by atoms with E-state index in [0.717, 1.165) is 18.7 Å². The summed E-state index contributed by atoms with van der Waals surface area (Å²) in [6.45, 7) is 3.11. The van der Waals surface area contributed by atoms with Crippen LogP contribution in [0.3, 0.4) is 0 Å². The molecule has 0 bridgehead atoms. The van der Waals surface area contributed by atoms with Gasteiger partial charge in [-0.2, -0.15) is 0 Å². The second-order valence-corrected chi connectivity index (χ2v) is 5.07. The highest BCUT2D eigenvalue weighted by atomic mass is 127. The molecule has 0 amide bonds. The van der Waals surface area contributed by atoms with Gasteiger partial charge in [0.05, 0.1) is 8.49 Å². The molecular formula is C12H17IN2O2. The van der Waals surface area contributed by atoms with Gasteiger partial charge in [0.25, 0.3) is 5.69 Å². The van der Waals surface area contributed by atoms with E-state index in [4.69, 9.17) is 0 Å². The van der Waals surface area contributed by atoms with Crippen LogP contribution in [0.25, 0.3) is 0 Å². The molecule has 0 spiro atoms. The summed E-state index contributed by atoms with van der Waals surface area (Å²) in [4.78, 5) is 10.3. The minimum Gasteiger partial charge on any atom is -0.385 e. The highest BCUT2D eigenvalue weighted by molar-refractivity contribution is 14.1. The van der Waals surface area contributed by atoms with Gasteiger partial charge in [0.2, 0.25) is 0 Å². The Morgan fingerprint density at radius 2 is 2.12 bits per heavy atom. The van der Waals surface area contributed by atoms with Crippen molar-refractivity contribution in [1.82, 2.24) is 0 Å². The first-order chi connectivity index (χ1) is 8.15. The lowest BCUT2D eigenvalue weighted by Gasteiger charge is -2.06. The van der Waals surface area contributed by atoms with Gasteiger partial charge in [-0.25, -0.2) is 0 Å². The van der Waals surface area contributed by atoms with E-state index in [1.165, 1.54) is 19.3 Å². The monoisotopic (exact) mass is 348 g/mol. The van der Waals surface area contributed by atoms with E-state index in [1.807, 2.05) is 28.7 Å². The Hall–Kier alpha value is -0.850. The van der Waals surface area contributed by atoms with Crippen LogP contribution < -0.4 is 5.32 Å². The summed E-state index contributed by atoms with van der Waals surface area (Å²) in [6, 6.07) is 5.13. The van der Waals surface area contributed by atoms with Crippen molar-refractivity contribution in [3.05, 3.63) is 31.9 Å². The lowest BCUT2D eigenvalue weighted by atomic mass is 10.2. The molecule has 1 aromatic rings. The fraction of sp³-hybridized carbons (Fsp3) is 0.500. The number of halogens is 1. The van der Waals surface area contributed by atoms with Gasteiger partial charge in [-0.3, -0.25) is 10.1 Å². The van der Waals surface area contributed by atoms with Crippen molar-refractivity contribution in [2.45, 2.75) is 32.6 Å². The minimum absolute atomic E-state index is 0.169. The normalized spacial score (nSPS) is 10.2. The van der Waals surface area contributed by atoms with Gasteiger partial charge in [-0.15, -0.1) is 0 Å². The lowest BCUT2D eigenvalue weighted by Crippen LogP contribution is -2.02. The van der Waals surface area contributed by atoms with Crippen molar-refractivity contribution in [2.75, 3.05) is 11.9 Å². The van der Waals surface area contributed by atoms with E-state index in [2.05, 4.69) is 12.2 Å². The number of nitrogens with one attached hydrogen (secondary N) is 1. The van der Waals surface area contributed by atoms with E-state index in [1.54, 1.807) is 12.1 Å². The number of nitrogens with zero attached hydrogens (tertiary/aromatic N) is 1. The molecule has 0 heterocycles. The third-order valence-corrected chi connectivity index (χ3v) is 3.37. The molecule has 4 nitrogen and oxygen atoms in total. The number of benzene rings is 1. The Morgan fingerprint density at radius 1 is 1.35 bits per heavy atom. The van der Waals surface area contributed by atoms with Crippen molar-refractivity contribution >= 4 is 34.0 Å². The van der Waals surface area contributed by atoms with Crippen LogP contribution in [-0.2, 0) is 0 Å². The third-order valence-electron chi connectivity index (χ3n) is 2.50. The molecule has 5 heteroatoms. The molecule has 0 atom stereocenters. The molecular weight excluding hydrogens is 331 g/mol. The smallest absolute Gasteiger partial charge is 0.282 e. The van der Waals surface area contributed by atoms with E-state index >= 15 is 0 Å². The number of nitro benzene ring substituents is 1. The number of rotatable bonds is 7. The Bertz CT molecular complexity index is 383. The first-order valence-electron chi connectivity index (χ1n) is 5.83. The number of unbranched alkanes of at least 4 members (excludes halogenated alkanes) is 3. The number of hydrogen-bond acceptors (Lipinski definition) is 3. The number of hydrogen-bond donors (Lipinski definition) is 1. The molecule has 0 aliphatic rings. The second kappa shape index (κ2) is 7.47. The summed E-state index contributed by atoms with van der Waals surface area (Å²) >= 11 is 1.99. The summed E-state index contributed by atoms with van der Waals surface area (Å²) in [5, 5.41) is 13.9. The van der Waals surface area contributed by atoms with Crippen molar-refractivity contribution in [3.63, 3.8) is 0 Å².